The van der Waals surface area contributed by atoms with Crippen molar-refractivity contribution in [2.45, 2.75) is 18.9 Å². The van der Waals surface area contributed by atoms with Crippen molar-refractivity contribution in [3.8, 4) is 5.88 Å². The van der Waals surface area contributed by atoms with Gasteiger partial charge in [-0.15, -0.1) is 0 Å². The molecule has 0 aliphatic carbocycles. The average molecular weight is 377 g/mol. The number of aromatic hydroxyl groups is 1. The van der Waals surface area contributed by atoms with Gasteiger partial charge >= 0.3 is 17.6 Å². The van der Waals surface area contributed by atoms with Crippen molar-refractivity contribution in [1.29, 1.82) is 0 Å². The summed E-state index contributed by atoms with van der Waals surface area (Å²) in [4.78, 5) is 60.5. The second-order valence-electron chi connectivity index (χ2n) is 5.57. The SMILES string of the molecule is Nc1ccc(C(=O)c2c(O)n([C@@H](CCC(=O)O)C(=O)O)c(=O)[nH]c2=O)cc1. The number of hydrogen-bond donors (Lipinski definition) is 5. The number of carboxylic acid groups (broad SMARTS) is 2. The second kappa shape index (κ2) is 7.56. The van der Waals surface area contributed by atoms with Gasteiger partial charge in [0.1, 0.15) is 11.6 Å². The summed E-state index contributed by atoms with van der Waals surface area (Å²) in [5.41, 5.74) is 2.48. The molecule has 0 amide bonds. The van der Waals surface area contributed by atoms with Gasteiger partial charge in [0, 0.05) is 17.7 Å². The first-order valence-corrected chi connectivity index (χ1v) is 7.56. The minimum absolute atomic E-state index is 0.0346. The Kier molecular flexibility index (Phi) is 5.44. The van der Waals surface area contributed by atoms with Crippen LogP contribution in [-0.2, 0) is 9.59 Å². The van der Waals surface area contributed by atoms with E-state index in [2.05, 4.69) is 0 Å². The van der Waals surface area contributed by atoms with Crippen LogP contribution in [0.5, 0.6) is 5.88 Å². The van der Waals surface area contributed by atoms with Gasteiger partial charge in [0.15, 0.2) is 0 Å². The van der Waals surface area contributed by atoms with E-state index >= 15 is 0 Å². The largest absolute Gasteiger partial charge is 0.494 e. The average Bonchev–Trinajstić information content (AvgIpc) is 2.57. The normalized spacial score (nSPS) is 11.7. The molecule has 0 aliphatic rings. The minimum Gasteiger partial charge on any atom is -0.494 e. The van der Waals surface area contributed by atoms with Gasteiger partial charge in [-0.05, 0) is 30.7 Å². The zero-order valence-electron chi connectivity index (χ0n) is 13.7. The third kappa shape index (κ3) is 4.03. The molecule has 11 nitrogen and oxygen atoms in total. The van der Waals surface area contributed by atoms with Gasteiger partial charge in [0.25, 0.3) is 5.56 Å². The second-order valence-corrected chi connectivity index (χ2v) is 5.57. The number of aromatic amines is 1. The molecule has 142 valence electrons. The lowest BCUT2D eigenvalue weighted by Crippen LogP contribution is -2.38. The Labute approximate surface area is 150 Å². The molecule has 0 radical (unpaired) electrons. The summed E-state index contributed by atoms with van der Waals surface area (Å²) in [5.74, 6) is -5.07. The number of ketones is 1. The number of H-pyrrole nitrogens is 1. The summed E-state index contributed by atoms with van der Waals surface area (Å²) in [7, 11) is 0. The monoisotopic (exact) mass is 377 g/mol. The van der Waals surface area contributed by atoms with Crippen LogP contribution in [0.4, 0.5) is 5.69 Å². The highest BCUT2D eigenvalue weighted by Gasteiger charge is 2.29. The lowest BCUT2D eigenvalue weighted by Gasteiger charge is -2.17. The van der Waals surface area contributed by atoms with Gasteiger partial charge in [0.2, 0.25) is 11.7 Å². The van der Waals surface area contributed by atoms with E-state index in [0.717, 1.165) is 0 Å². The number of nitrogens with one attached hydrogen (secondary N) is 1. The van der Waals surface area contributed by atoms with Crippen molar-refractivity contribution < 1.29 is 29.7 Å². The Morgan fingerprint density at radius 3 is 2.22 bits per heavy atom. The molecule has 1 aromatic heterocycles. The quantitative estimate of drug-likeness (QED) is 0.314. The van der Waals surface area contributed by atoms with Gasteiger partial charge in [-0.3, -0.25) is 19.4 Å². The molecule has 11 heteroatoms. The number of aromatic nitrogens is 2. The number of carbonyl (C=O) groups excluding carboxylic acids is 1. The molecule has 0 unspecified atom stereocenters. The molecule has 1 aromatic carbocycles. The molecule has 2 aromatic rings. The topological polar surface area (TPSA) is 193 Å². The number of carboxylic acids is 2. The first-order chi connectivity index (χ1) is 12.6. The van der Waals surface area contributed by atoms with Crippen LogP contribution in [-0.4, -0.2) is 42.6 Å². The minimum atomic E-state index is -1.80. The Bertz CT molecular complexity index is 1020. The molecule has 6 N–H and O–H groups in total. The van der Waals surface area contributed by atoms with E-state index < -0.39 is 59.3 Å². The van der Waals surface area contributed by atoms with Crippen LogP contribution < -0.4 is 17.0 Å². The molecule has 1 heterocycles. The van der Waals surface area contributed by atoms with Gasteiger partial charge < -0.3 is 21.1 Å². The Hall–Kier alpha value is -3.89. The summed E-state index contributed by atoms with van der Waals surface area (Å²) in [6.07, 6.45) is -1.18. The number of aliphatic carboxylic acids is 2. The van der Waals surface area contributed by atoms with E-state index in [4.69, 9.17) is 10.8 Å². The maximum Gasteiger partial charge on any atom is 0.331 e. The smallest absolute Gasteiger partial charge is 0.331 e. The number of benzene rings is 1. The van der Waals surface area contributed by atoms with Crippen molar-refractivity contribution in [3.63, 3.8) is 0 Å². The molecule has 0 spiro atoms. The summed E-state index contributed by atoms with van der Waals surface area (Å²) in [6, 6.07) is 3.52. The molecular weight excluding hydrogens is 362 g/mol. The Balaban J connectivity index is 2.62. The summed E-state index contributed by atoms with van der Waals surface area (Å²) in [6.45, 7) is 0. The standard InChI is InChI=1S/C16H15N3O8/c17-8-3-1-7(2-4-8)12(22)11-13(23)18-16(27)19(14(11)24)9(15(25)26)5-6-10(20)21/h1-4,9,24H,5-6,17H2,(H,20,21)(H,25,26)(H,18,23,27)/t9-/m0/s1. The van der Waals surface area contributed by atoms with Gasteiger partial charge in [0.05, 0.1) is 0 Å². The van der Waals surface area contributed by atoms with Gasteiger partial charge in [-0.1, -0.05) is 0 Å². The molecular formula is C16H15N3O8. The maximum atomic E-state index is 12.5. The van der Waals surface area contributed by atoms with Crippen molar-refractivity contribution in [2.24, 2.45) is 0 Å². The molecule has 1 atom stereocenters. The lowest BCUT2D eigenvalue weighted by atomic mass is 10.0. The van der Waals surface area contributed by atoms with Crippen LogP contribution in [0.15, 0.2) is 33.9 Å². The molecule has 0 fully saturated rings. The van der Waals surface area contributed by atoms with Gasteiger partial charge in [-0.25, -0.2) is 14.2 Å². The highest BCUT2D eigenvalue weighted by atomic mass is 16.4. The number of hydrogen-bond acceptors (Lipinski definition) is 7. The first kappa shape index (κ1) is 19.4. The Morgan fingerprint density at radius 2 is 1.70 bits per heavy atom. The first-order valence-electron chi connectivity index (χ1n) is 7.56. The molecule has 0 saturated carbocycles. The fourth-order valence-electron chi connectivity index (χ4n) is 2.43. The van der Waals surface area contributed by atoms with Crippen LogP contribution >= 0.6 is 0 Å². The van der Waals surface area contributed by atoms with Crippen molar-refractivity contribution in [3.05, 3.63) is 56.2 Å². The zero-order valence-corrected chi connectivity index (χ0v) is 13.7. The molecule has 0 aliphatic heterocycles. The fourth-order valence-corrected chi connectivity index (χ4v) is 2.43. The molecule has 2 rings (SSSR count). The van der Waals surface area contributed by atoms with E-state index in [0.29, 0.717) is 5.69 Å². The molecule has 27 heavy (non-hydrogen) atoms. The van der Waals surface area contributed by atoms with E-state index in [-0.39, 0.29) is 10.1 Å². The van der Waals surface area contributed by atoms with Crippen LogP contribution in [0.2, 0.25) is 0 Å². The number of carbonyl (C=O) groups is 3. The number of nitrogen functional groups attached to an aromatic ring is 1. The van der Waals surface area contributed by atoms with Crippen LogP contribution in [0, 0.1) is 0 Å². The molecule has 0 bridgehead atoms. The van der Waals surface area contributed by atoms with E-state index in [1.807, 2.05) is 0 Å². The highest BCUT2D eigenvalue weighted by Crippen LogP contribution is 2.22. The Morgan fingerprint density at radius 1 is 1.11 bits per heavy atom. The molecule has 0 saturated heterocycles. The van der Waals surface area contributed by atoms with E-state index in [1.54, 1.807) is 4.98 Å². The van der Waals surface area contributed by atoms with E-state index in [9.17, 15) is 34.2 Å². The van der Waals surface area contributed by atoms with E-state index in [1.165, 1.54) is 24.3 Å². The number of rotatable bonds is 7. The predicted molar refractivity (Wildman–Crippen MR) is 90.8 cm³/mol. The van der Waals surface area contributed by atoms with Crippen LogP contribution in [0.3, 0.4) is 0 Å². The van der Waals surface area contributed by atoms with Crippen LogP contribution in [0.25, 0.3) is 0 Å². The zero-order chi connectivity index (χ0) is 20.3. The maximum absolute atomic E-state index is 12.5. The van der Waals surface area contributed by atoms with Crippen molar-refractivity contribution in [2.75, 3.05) is 5.73 Å². The third-order valence-corrected chi connectivity index (χ3v) is 3.75. The number of anilines is 1. The summed E-state index contributed by atoms with van der Waals surface area (Å²) in [5, 5.41) is 28.3. The predicted octanol–water partition coefficient (Wildman–Crippen LogP) is -0.454. The number of nitrogens with two attached hydrogens (primary N) is 1. The summed E-state index contributed by atoms with van der Waals surface area (Å²) >= 11 is 0. The third-order valence-electron chi connectivity index (χ3n) is 3.75. The van der Waals surface area contributed by atoms with Crippen LogP contribution in [0.1, 0.15) is 34.8 Å². The highest BCUT2D eigenvalue weighted by molar-refractivity contribution is 6.10. The lowest BCUT2D eigenvalue weighted by molar-refractivity contribution is -0.142. The van der Waals surface area contributed by atoms with Gasteiger partial charge in [-0.2, -0.15) is 0 Å². The van der Waals surface area contributed by atoms with Crippen molar-refractivity contribution >= 4 is 23.4 Å². The van der Waals surface area contributed by atoms with Crippen molar-refractivity contribution in [1.82, 2.24) is 9.55 Å². The number of nitrogens with zero attached hydrogens (tertiary/aromatic N) is 1. The summed E-state index contributed by atoms with van der Waals surface area (Å²) < 4.78 is 0.275. The fraction of sp³-hybridized carbons (Fsp3) is 0.188.